The second-order valence-corrected chi connectivity index (χ2v) is 5.76. The maximum absolute atomic E-state index is 14.0. The molecule has 0 amide bonds. The normalized spacial score (nSPS) is 10.5. The molecule has 0 aliphatic rings. The lowest BCUT2D eigenvalue weighted by molar-refractivity contribution is 0.607. The van der Waals surface area contributed by atoms with Crippen LogP contribution in [0.3, 0.4) is 0 Å². The summed E-state index contributed by atoms with van der Waals surface area (Å²) in [5.74, 6) is -0.244. The van der Waals surface area contributed by atoms with Crippen molar-refractivity contribution in [3.05, 3.63) is 64.5 Å². The van der Waals surface area contributed by atoms with Gasteiger partial charge in [-0.05, 0) is 43.7 Å². The first-order chi connectivity index (χ1) is 9.88. The van der Waals surface area contributed by atoms with Crippen LogP contribution in [0.5, 0.6) is 0 Å². The third-order valence-corrected chi connectivity index (χ3v) is 3.74. The van der Waals surface area contributed by atoms with E-state index in [9.17, 15) is 4.39 Å². The second-order valence-electron chi connectivity index (χ2n) is 5.32. The molecule has 0 aliphatic heterocycles. The van der Waals surface area contributed by atoms with Gasteiger partial charge in [-0.1, -0.05) is 29.9 Å². The molecule has 2 aromatic carbocycles. The second kappa shape index (κ2) is 6.22. The van der Waals surface area contributed by atoms with Crippen LogP contribution in [0, 0.1) is 19.7 Å². The van der Waals surface area contributed by atoms with Gasteiger partial charge in [-0.25, -0.2) is 4.39 Å². The van der Waals surface area contributed by atoms with E-state index in [-0.39, 0.29) is 10.8 Å². The van der Waals surface area contributed by atoms with E-state index in [1.807, 2.05) is 11.9 Å². The zero-order valence-electron chi connectivity index (χ0n) is 12.5. The Labute approximate surface area is 130 Å². The van der Waals surface area contributed by atoms with Gasteiger partial charge in [0, 0.05) is 30.4 Å². The molecule has 0 unspecified atom stereocenters. The molecule has 0 aromatic heterocycles. The summed E-state index contributed by atoms with van der Waals surface area (Å²) in [6, 6.07) is 11.0. The van der Waals surface area contributed by atoms with E-state index < -0.39 is 0 Å². The van der Waals surface area contributed by atoms with Crippen LogP contribution in [0.15, 0.2) is 36.4 Å². The molecule has 0 heterocycles. The Balaban J connectivity index is 2.28. The average molecular weight is 302 g/mol. The summed E-state index contributed by atoms with van der Waals surface area (Å²) >= 11 is 4.95. The molecule has 0 bridgehead atoms. The first-order valence-corrected chi connectivity index (χ1v) is 7.16. The number of hydrogen-bond donors (Lipinski definition) is 1. The van der Waals surface area contributed by atoms with Crippen LogP contribution < -0.4 is 10.6 Å². The van der Waals surface area contributed by atoms with Gasteiger partial charge in [-0.2, -0.15) is 0 Å². The zero-order valence-corrected chi connectivity index (χ0v) is 13.3. The van der Waals surface area contributed by atoms with Crippen molar-refractivity contribution in [2.75, 3.05) is 11.9 Å². The number of benzene rings is 2. The number of aryl methyl sites for hydroxylation is 2. The lowest BCUT2D eigenvalue weighted by atomic mass is 10.1. The van der Waals surface area contributed by atoms with E-state index in [2.05, 4.69) is 32.0 Å². The topological polar surface area (TPSA) is 29.3 Å². The van der Waals surface area contributed by atoms with E-state index >= 15 is 0 Å². The van der Waals surface area contributed by atoms with Gasteiger partial charge in [-0.15, -0.1) is 0 Å². The van der Waals surface area contributed by atoms with Crippen LogP contribution in [-0.4, -0.2) is 12.0 Å². The molecule has 2 nitrogen and oxygen atoms in total. The molecular formula is C17H19FN2S. The third-order valence-electron chi connectivity index (χ3n) is 3.50. The van der Waals surface area contributed by atoms with E-state index in [1.54, 1.807) is 12.1 Å². The summed E-state index contributed by atoms with van der Waals surface area (Å²) in [7, 11) is 1.95. The fraction of sp³-hybridized carbons (Fsp3) is 0.235. The molecule has 0 atom stereocenters. The molecule has 110 valence electrons. The molecule has 4 heteroatoms. The Morgan fingerprint density at radius 2 is 1.90 bits per heavy atom. The summed E-state index contributed by atoms with van der Waals surface area (Å²) in [5, 5.41) is 0. The summed E-state index contributed by atoms with van der Waals surface area (Å²) < 4.78 is 14.0. The lowest BCUT2D eigenvalue weighted by Gasteiger charge is -2.22. The first-order valence-electron chi connectivity index (χ1n) is 6.75. The molecule has 0 spiro atoms. The predicted molar refractivity (Wildman–Crippen MR) is 90.3 cm³/mol. The minimum atomic E-state index is -0.244. The minimum absolute atomic E-state index is 0.244. The van der Waals surface area contributed by atoms with Gasteiger partial charge in [0.1, 0.15) is 10.8 Å². The van der Waals surface area contributed by atoms with Crippen molar-refractivity contribution in [1.82, 2.24) is 0 Å². The number of nitrogens with two attached hydrogens (primary N) is 1. The number of thiocarbonyl (C=S) groups is 1. The average Bonchev–Trinajstić information content (AvgIpc) is 2.40. The highest BCUT2D eigenvalue weighted by molar-refractivity contribution is 7.80. The molecule has 0 saturated heterocycles. The van der Waals surface area contributed by atoms with Crippen molar-refractivity contribution >= 4 is 22.9 Å². The number of anilines is 1. The zero-order chi connectivity index (χ0) is 15.6. The van der Waals surface area contributed by atoms with Gasteiger partial charge in [0.25, 0.3) is 0 Å². The van der Waals surface area contributed by atoms with Crippen molar-refractivity contribution in [2.24, 2.45) is 5.73 Å². The van der Waals surface area contributed by atoms with Crippen molar-refractivity contribution in [1.29, 1.82) is 0 Å². The molecule has 0 fully saturated rings. The molecule has 21 heavy (non-hydrogen) atoms. The molecule has 2 aromatic rings. The van der Waals surface area contributed by atoms with Crippen LogP contribution >= 0.6 is 12.2 Å². The minimum Gasteiger partial charge on any atom is -0.389 e. The maximum Gasteiger partial charge on any atom is 0.128 e. The smallest absolute Gasteiger partial charge is 0.128 e. The van der Waals surface area contributed by atoms with Gasteiger partial charge in [0.2, 0.25) is 0 Å². The van der Waals surface area contributed by atoms with Crippen LogP contribution in [0.2, 0.25) is 0 Å². The largest absolute Gasteiger partial charge is 0.389 e. The maximum atomic E-state index is 14.0. The Bertz CT molecular complexity index is 682. The van der Waals surface area contributed by atoms with Gasteiger partial charge >= 0.3 is 0 Å². The third kappa shape index (κ3) is 3.58. The van der Waals surface area contributed by atoms with E-state index in [4.69, 9.17) is 18.0 Å². The Hall–Kier alpha value is -1.94. The highest BCUT2D eigenvalue weighted by Crippen LogP contribution is 2.22. The molecule has 0 saturated carbocycles. The fourth-order valence-electron chi connectivity index (χ4n) is 2.42. The Morgan fingerprint density at radius 1 is 1.19 bits per heavy atom. The van der Waals surface area contributed by atoms with Crippen LogP contribution in [0.4, 0.5) is 10.1 Å². The summed E-state index contributed by atoms with van der Waals surface area (Å²) in [5.41, 5.74) is 10.4. The lowest BCUT2D eigenvalue weighted by Crippen LogP contribution is -2.19. The summed E-state index contributed by atoms with van der Waals surface area (Å²) in [4.78, 5) is 2.31. The molecule has 0 aliphatic carbocycles. The van der Waals surface area contributed by atoms with Gasteiger partial charge in [-0.3, -0.25) is 0 Å². The van der Waals surface area contributed by atoms with Crippen molar-refractivity contribution in [2.45, 2.75) is 20.4 Å². The molecule has 2 N–H and O–H groups in total. The number of rotatable bonds is 4. The van der Waals surface area contributed by atoms with Crippen LogP contribution in [0.1, 0.15) is 22.3 Å². The molecule has 2 rings (SSSR count). The highest BCUT2D eigenvalue weighted by Gasteiger charge is 2.10. The number of hydrogen-bond acceptors (Lipinski definition) is 2. The van der Waals surface area contributed by atoms with Crippen molar-refractivity contribution in [3.8, 4) is 0 Å². The first kappa shape index (κ1) is 15.4. The molecule has 0 radical (unpaired) electrons. The van der Waals surface area contributed by atoms with E-state index in [0.717, 1.165) is 5.69 Å². The van der Waals surface area contributed by atoms with Crippen molar-refractivity contribution in [3.63, 3.8) is 0 Å². The van der Waals surface area contributed by atoms with Gasteiger partial charge < -0.3 is 10.6 Å². The quantitative estimate of drug-likeness (QED) is 0.873. The fourth-order valence-corrected chi connectivity index (χ4v) is 2.55. The predicted octanol–water partition coefficient (Wildman–Crippen LogP) is 3.71. The number of nitrogens with zero attached hydrogens (tertiary/aromatic N) is 1. The number of halogens is 1. The van der Waals surface area contributed by atoms with Gasteiger partial charge in [0.05, 0.1) is 0 Å². The SMILES string of the molecule is Cc1ccc(N(C)Cc2cc(C(N)=S)ccc2F)c(C)c1. The standard InChI is InChI=1S/C17H19FN2S/c1-11-4-7-16(12(2)8-11)20(3)10-14-9-13(17(19)21)5-6-15(14)18/h4-9H,10H2,1-3H3,(H2,19,21). The summed E-state index contributed by atoms with van der Waals surface area (Å²) in [6.07, 6.45) is 0. The van der Waals surface area contributed by atoms with E-state index in [0.29, 0.717) is 17.7 Å². The van der Waals surface area contributed by atoms with Crippen molar-refractivity contribution < 1.29 is 4.39 Å². The van der Waals surface area contributed by atoms with Gasteiger partial charge in [0.15, 0.2) is 0 Å². The van der Waals surface area contributed by atoms with E-state index in [1.165, 1.54) is 17.2 Å². The summed E-state index contributed by atoms with van der Waals surface area (Å²) in [6.45, 7) is 4.58. The van der Waals surface area contributed by atoms with Crippen LogP contribution in [0.25, 0.3) is 0 Å². The monoisotopic (exact) mass is 302 g/mol. The Morgan fingerprint density at radius 3 is 2.52 bits per heavy atom. The molecular weight excluding hydrogens is 283 g/mol. The van der Waals surface area contributed by atoms with Crippen LogP contribution in [-0.2, 0) is 6.54 Å². The highest BCUT2D eigenvalue weighted by atomic mass is 32.1. The Kier molecular flexibility index (Phi) is 4.58.